The number of halogens is 4. The molecular formula is C33H30ClF3N5OPS. The molecular weight excluding hydrogens is 638 g/mol. The molecule has 45 heavy (non-hydrogen) atoms. The van der Waals surface area contributed by atoms with E-state index in [1.807, 2.05) is 80.8 Å². The Labute approximate surface area is 269 Å². The Morgan fingerprint density at radius 1 is 0.911 bits per heavy atom. The summed E-state index contributed by atoms with van der Waals surface area (Å²) >= 11 is 12.7. The fourth-order valence-corrected chi connectivity index (χ4v) is 9.68. The molecule has 3 heterocycles. The van der Waals surface area contributed by atoms with Crippen LogP contribution in [-0.2, 0) is 22.5 Å². The van der Waals surface area contributed by atoms with Crippen molar-refractivity contribution in [2.24, 2.45) is 4.99 Å². The van der Waals surface area contributed by atoms with Gasteiger partial charge in [-0.2, -0.15) is 23.3 Å². The number of nitrogens with zero attached hydrogens (tertiary/aromatic N) is 5. The molecule has 2 aromatic heterocycles. The number of aryl methyl sites for hydroxylation is 1. The maximum Gasteiger partial charge on any atom is 0.416 e. The largest absolute Gasteiger partial charge is 0.431 e. The van der Waals surface area contributed by atoms with Gasteiger partial charge >= 0.3 is 6.18 Å². The van der Waals surface area contributed by atoms with E-state index in [-0.39, 0.29) is 0 Å². The smallest absolute Gasteiger partial charge is 0.416 e. The van der Waals surface area contributed by atoms with Gasteiger partial charge in [0.25, 0.3) is 0 Å². The van der Waals surface area contributed by atoms with Crippen LogP contribution in [0.2, 0.25) is 5.02 Å². The van der Waals surface area contributed by atoms with Gasteiger partial charge in [-0.1, -0.05) is 49.7 Å². The van der Waals surface area contributed by atoms with Crippen LogP contribution < -0.4 is 5.30 Å². The predicted octanol–water partition coefficient (Wildman–Crippen LogP) is 9.00. The first-order valence-electron chi connectivity index (χ1n) is 14.4. The third kappa shape index (κ3) is 5.54. The second-order valence-electron chi connectivity index (χ2n) is 10.6. The number of hydrogen-bond donors (Lipinski definition) is 0. The van der Waals surface area contributed by atoms with E-state index in [0.717, 1.165) is 40.3 Å². The van der Waals surface area contributed by atoms with Gasteiger partial charge in [0.05, 0.1) is 11.3 Å². The molecule has 0 fully saturated rings. The van der Waals surface area contributed by atoms with Crippen LogP contribution in [0.1, 0.15) is 36.4 Å². The van der Waals surface area contributed by atoms with Gasteiger partial charge in [0.2, 0.25) is 12.3 Å². The lowest BCUT2D eigenvalue weighted by atomic mass is 10.1. The van der Waals surface area contributed by atoms with Crippen LogP contribution in [0, 0.1) is 13.8 Å². The van der Waals surface area contributed by atoms with E-state index < -0.39 is 18.2 Å². The summed E-state index contributed by atoms with van der Waals surface area (Å²) in [5, 5.41) is 6.43. The molecule has 0 aliphatic carbocycles. The van der Waals surface area contributed by atoms with E-state index in [0.29, 0.717) is 46.5 Å². The molecule has 0 saturated heterocycles. The standard InChI is InChI=1S/C33H30ClF3N5OPS/c1-5-40(6-2)44(45)30-29(28-19-21(3)41(22(28)4)27-14-10-11-24(20-27)33(35,36)37)39-42(26-12-8-7-9-13-26)31(30)38-32(43-44)23-15-17-25(34)18-16-23/h7-20H,5-6H2,1-4H3. The molecule has 1 aliphatic rings. The van der Waals surface area contributed by atoms with Crippen molar-refractivity contribution in [2.75, 3.05) is 13.1 Å². The summed E-state index contributed by atoms with van der Waals surface area (Å²) in [5.74, 6) is 0.943. The fraction of sp³-hybridized carbons (Fsp3) is 0.212. The minimum absolute atomic E-state index is 0.382. The van der Waals surface area contributed by atoms with Crippen LogP contribution in [0.5, 0.6) is 0 Å². The van der Waals surface area contributed by atoms with Crippen molar-refractivity contribution < 1.29 is 17.7 Å². The topological polar surface area (TPSA) is 47.6 Å². The number of benzene rings is 3. The van der Waals surface area contributed by atoms with Crippen molar-refractivity contribution in [1.82, 2.24) is 19.0 Å². The number of para-hydroxylation sites is 1. The molecule has 1 aliphatic heterocycles. The number of rotatable bonds is 7. The average Bonchev–Trinajstić information content (AvgIpc) is 3.55. The molecule has 3 aromatic carbocycles. The number of hydrogen-bond acceptors (Lipinski definition) is 4. The molecule has 0 spiro atoms. The van der Waals surface area contributed by atoms with Crippen LogP contribution in [0.25, 0.3) is 22.6 Å². The van der Waals surface area contributed by atoms with Crippen LogP contribution in [0.15, 0.2) is 89.9 Å². The fourth-order valence-electron chi connectivity index (χ4n) is 5.70. The summed E-state index contributed by atoms with van der Waals surface area (Å²) < 4.78 is 53.4. The maximum absolute atomic E-state index is 13.6. The maximum atomic E-state index is 13.6. The summed E-state index contributed by atoms with van der Waals surface area (Å²) in [6.45, 7) is 9.07. The van der Waals surface area contributed by atoms with E-state index in [9.17, 15) is 13.2 Å². The Morgan fingerprint density at radius 3 is 2.22 bits per heavy atom. The monoisotopic (exact) mass is 667 g/mol. The lowest BCUT2D eigenvalue weighted by molar-refractivity contribution is -0.137. The highest BCUT2D eigenvalue weighted by molar-refractivity contribution is 8.15. The highest BCUT2D eigenvalue weighted by atomic mass is 35.5. The molecule has 232 valence electrons. The molecule has 0 N–H and O–H groups in total. The molecule has 5 aromatic rings. The van der Waals surface area contributed by atoms with Crippen molar-refractivity contribution >= 4 is 46.8 Å². The van der Waals surface area contributed by atoms with Gasteiger partial charge in [0.15, 0.2) is 5.82 Å². The van der Waals surface area contributed by atoms with Gasteiger partial charge in [-0.15, -0.1) is 0 Å². The molecule has 6 rings (SSSR count). The lowest BCUT2D eigenvalue weighted by Crippen LogP contribution is -2.31. The zero-order valence-electron chi connectivity index (χ0n) is 25.0. The van der Waals surface area contributed by atoms with Crippen molar-refractivity contribution in [1.29, 1.82) is 0 Å². The van der Waals surface area contributed by atoms with Crippen molar-refractivity contribution in [3.63, 3.8) is 0 Å². The lowest BCUT2D eigenvalue weighted by Gasteiger charge is -2.36. The minimum atomic E-state index is -4.46. The van der Waals surface area contributed by atoms with Crippen molar-refractivity contribution in [3.8, 4) is 22.6 Å². The highest BCUT2D eigenvalue weighted by Gasteiger charge is 2.43. The molecule has 12 heteroatoms. The van der Waals surface area contributed by atoms with Gasteiger partial charge in [-0.05, 0) is 86.3 Å². The Bertz CT molecular complexity index is 1960. The predicted molar refractivity (Wildman–Crippen MR) is 178 cm³/mol. The number of alkyl halides is 3. The number of aromatic nitrogens is 3. The van der Waals surface area contributed by atoms with Crippen LogP contribution in [0.4, 0.5) is 19.0 Å². The Balaban J connectivity index is 1.64. The third-order valence-electron chi connectivity index (χ3n) is 7.85. The summed E-state index contributed by atoms with van der Waals surface area (Å²) in [4.78, 5) is 5.02. The Hall–Kier alpha value is -3.69. The minimum Gasteiger partial charge on any atom is -0.431 e. The van der Waals surface area contributed by atoms with Gasteiger partial charge in [0.1, 0.15) is 11.0 Å². The summed E-state index contributed by atoms with van der Waals surface area (Å²) in [7, 11) is 0. The third-order valence-corrected chi connectivity index (χ3v) is 12.3. The normalized spacial score (nSPS) is 16.4. The molecule has 6 nitrogen and oxygen atoms in total. The first kappa shape index (κ1) is 31.3. The number of fused-ring (bicyclic) bond motifs is 1. The highest BCUT2D eigenvalue weighted by Crippen LogP contribution is 2.57. The molecule has 0 radical (unpaired) electrons. The van der Waals surface area contributed by atoms with Crippen molar-refractivity contribution in [2.45, 2.75) is 33.9 Å². The van der Waals surface area contributed by atoms with Gasteiger partial charge in [-0.25, -0.2) is 9.35 Å². The van der Waals surface area contributed by atoms with Crippen LogP contribution in [0.3, 0.4) is 0 Å². The first-order chi connectivity index (χ1) is 21.5. The van der Waals surface area contributed by atoms with Crippen molar-refractivity contribution in [3.05, 3.63) is 112 Å². The van der Waals surface area contributed by atoms with Crippen LogP contribution >= 0.6 is 18.0 Å². The van der Waals surface area contributed by atoms with E-state index >= 15 is 0 Å². The van der Waals surface area contributed by atoms with Gasteiger partial charge < -0.3 is 9.09 Å². The second kappa shape index (κ2) is 11.9. The molecule has 1 unspecified atom stereocenters. The SMILES string of the molecule is CCN(CC)P1(=S)OC(c2ccc(Cl)cc2)=Nc2c1c(-c1cc(C)n(-c3cccc(C(F)(F)F)c3)c1C)nn2-c1ccccc1. The van der Waals surface area contributed by atoms with E-state index in [1.165, 1.54) is 6.07 Å². The van der Waals surface area contributed by atoms with Gasteiger partial charge in [0, 0.05) is 46.3 Å². The summed E-state index contributed by atoms with van der Waals surface area (Å²) in [5.41, 5.74) is 4.02. The quantitative estimate of drug-likeness (QED) is 0.163. The number of aliphatic imine (C=N–C) groups is 1. The molecule has 1 atom stereocenters. The molecule has 0 saturated carbocycles. The average molecular weight is 668 g/mol. The second-order valence-corrected chi connectivity index (χ2v) is 14.8. The molecule has 0 amide bonds. The summed E-state index contributed by atoms with van der Waals surface area (Å²) in [6.07, 6.45) is -7.48. The van der Waals surface area contributed by atoms with E-state index in [1.54, 1.807) is 22.9 Å². The first-order valence-corrected chi connectivity index (χ1v) is 17.5. The van der Waals surface area contributed by atoms with E-state index in [4.69, 9.17) is 38.0 Å². The zero-order valence-corrected chi connectivity index (χ0v) is 27.5. The van der Waals surface area contributed by atoms with Gasteiger partial charge in [-0.3, -0.25) is 0 Å². The zero-order chi connectivity index (χ0) is 32.1. The Morgan fingerprint density at radius 2 is 1.58 bits per heavy atom. The molecule has 0 bridgehead atoms. The van der Waals surface area contributed by atoms with E-state index in [2.05, 4.69) is 4.67 Å². The van der Waals surface area contributed by atoms with Crippen LogP contribution in [-0.4, -0.2) is 38.0 Å². The Kier molecular flexibility index (Phi) is 8.29. The summed E-state index contributed by atoms with van der Waals surface area (Å²) in [6, 6.07) is 24.2.